The zero-order valence-corrected chi connectivity index (χ0v) is 14.2. The van der Waals surface area contributed by atoms with E-state index in [1.54, 1.807) is 19.0 Å². The molecule has 5 nitrogen and oxygen atoms in total. The smallest absolute Gasteiger partial charge is 0.243 e. The van der Waals surface area contributed by atoms with E-state index >= 15 is 0 Å². The summed E-state index contributed by atoms with van der Waals surface area (Å²) in [4.78, 5) is 20.1. The van der Waals surface area contributed by atoms with E-state index in [-0.39, 0.29) is 12.5 Å². The van der Waals surface area contributed by atoms with E-state index in [1.807, 2.05) is 11.8 Å². The van der Waals surface area contributed by atoms with Crippen molar-refractivity contribution in [1.29, 1.82) is 0 Å². The molecule has 1 rings (SSSR count). The number of guanidine groups is 1. The Morgan fingerprint density at radius 2 is 2.20 bits per heavy atom. The summed E-state index contributed by atoms with van der Waals surface area (Å²) in [6.07, 6.45) is 1.17. The van der Waals surface area contributed by atoms with Crippen LogP contribution in [0, 0.1) is 0 Å². The number of nitrogens with one attached hydrogen (secondary N) is 1. The molecule has 116 valence electrons. The maximum absolute atomic E-state index is 11.7. The van der Waals surface area contributed by atoms with Crippen molar-refractivity contribution in [2.24, 2.45) is 4.99 Å². The third-order valence-electron chi connectivity index (χ3n) is 3.17. The number of amides is 1. The number of rotatable bonds is 4. The molecule has 0 saturated carbocycles. The van der Waals surface area contributed by atoms with Gasteiger partial charge in [-0.15, -0.1) is 0 Å². The fraction of sp³-hybridized carbons (Fsp3) is 0.857. The number of nitrogens with zero attached hydrogens (tertiary/aromatic N) is 3. The summed E-state index contributed by atoms with van der Waals surface area (Å²) in [5, 5.41) is 4.04. The Labute approximate surface area is 127 Å². The molecule has 0 spiro atoms. The van der Waals surface area contributed by atoms with Crippen LogP contribution in [0.15, 0.2) is 4.99 Å². The summed E-state index contributed by atoms with van der Waals surface area (Å²) in [5.74, 6) is 2.03. The molecule has 0 aromatic heterocycles. The predicted octanol–water partition coefficient (Wildman–Crippen LogP) is 1.26. The fourth-order valence-corrected chi connectivity index (χ4v) is 3.12. The first kappa shape index (κ1) is 17.1. The first-order valence-corrected chi connectivity index (χ1v) is 8.36. The van der Waals surface area contributed by atoms with Crippen molar-refractivity contribution < 1.29 is 4.79 Å². The van der Waals surface area contributed by atoms with Crippen LogP contribution >= 0.6 is 11.8 Å². The number of aliphatic imine (C=N–C) groups is 1. The maximum Gasteiger partial charge on any atom is 0.243 e. The van der Waals surface area contributed by atoms with Gasteiger partial charge in [0.05, 0.1) is 0 Å². The van der Waals surface area contributed by atoms with Gasteiger partial charge < -0.3 is 15.1 Å². The van der Waals surface area contributed by atoms with Gasteiger partial charge in [0.1, 0.15) is 6.54 Å². The first-order valence-electron chi connectivity index (χ1n) is 7.31. The number of thioether (sulfide) groups is 1. The van der Waals surface area contributed by atoms with E-state index in [1.165, 1.54) is 6.42 Å². The zero-order valence-electron chi connectivity index (χ0n) is 13.3. The van der Waals surface area contributed by atoms with Crippen LogP contribution in [0.1, 0.15) is 27.2 Å². The minimum absolute atomic E-state index is 0.0338. The molecule has 1 heterocycles. The molecule has 0 bridgehead atoms. The predicted molar refractivity (Wildman–Crippen MR) is 87.4 cm³/mol. The molecule has 20 heavy (non-hydrogen) atoms. The molecule has 1 unspecified atom stereocenters. The fourth-order valence-electron chi connectivity index (χ4n) is 1.94. The Morgan fingerprint density at radius 1 is 1.50 bits per heavy atom. The number of likely N-dealkylation sites (N-methyl/N-ethyl adjacent to an activating group) is 1. The molecular formula is C14H28N4OS. The molecule has 1 N–H and O–H groups in total. The lowest BCUT2D eigenvalue weighted by Gasteiger charge is -2.35. The van der Waals surface area contributed by atoms with Crippen molar-refractivity contribution >= 4 is 23.6 Å². The Kier molecular flexibility index (Phi) is 7.19. The second kappa shape index (κ2) is 8.39. The molecule has 0 aromatic rings. The van der Waals surface area contributed by atoms with E-state index in [9.17, 15) is 4.79 Å². The van der Waals surface area contributed by atoms with Crippen LogP contribution in [0.4, 0.5) is 0 Å². The van der Waals surface area contributed by atoms with E-state index in [0.717, 1.165) is 24.8 Å². The van der Waals surface area contributed by atoms with Crippen molar-refractivity contribution in [3.05, 3.63) is 0 Å². The SMILES string of the molecule is CCC1CN(C(=NCC(=O)N(C)C)NC(C)C)CCS1. The Balaban J connectivity index is 2.72. The summed E-state index contributed by atoms with van der Waals surface area (Å²) < 4.78 is 0. The third kappa shape index (κ3) is 5.61. The van der Waals surface area contributed by atoms with Crippen LogP contribution in [0.2, 0.25) is 0 Å². The monoisotopic (exact) mass is 300 g/mol. The Hall–Kier alpha value is -0.910. The molecule has 1 atom stereocenters. The molecule has 1 amide bonds. The number of carbonyl (C=O) groups is 1. The quantitative estimate of drug-likeness (QED) is 0.627. The van der Waals surface area contributed by atoms with Gasteiger partial charge >= 0.3 is 0 Å². The lowest BCUT2D eigenvalue weighted by atomic mass is 10.3. The molecular weight excluding hydrogens is 272 g/mol. The molecule has 1 aliphatic rings. The van der Waals surface area contributed by atoms with Crippen LogP contribution in [-0.4, -0.2) is 72.4 Å². The van der Waals surface area contributed by atoms with Gasteiger partial charge in [-0.2, -0.15) is 11.8 Å². The van der Waals surface area contributed by atoms with E-state index in [2.05, 4.69) is 36.0 Å². The van der Waals surface area contributed by atoms with Gasteiger partial charge in [0, 0.05) is 44.2 Å². The van der Waals surface area contributed by atoms with Gasteiger partial charge in [-0.05, 0) is 20.3 Å². The molecule has 1 fully saturated rings. The highest BCUT2D eigenvalue weighted by Gasteiger charge is 2.22. The minimum Gasteiger partial charge on any atom is -0.354 e. The average Bonchev–Trinajstić information content (AvgIpc) is 2.42. The molecule has 6 heteroatoms. The van der Waals surface area contributed by atoms with Crippen LogP contribution in [0.25, 0.3) is 0 Å². The second-order valence-corrected chi connectivity index (χ2v) is 6.98. The lowest BCUT2D eigenvalue weighted by Crippen LogP contribution is -2.50. The van der Waals surface area contributed by atoms with Crippen LogP contribution in [-0.2, 0) is 4.79 Å². The summed E-state index contributed by atoms with van der Waals surface area (Å²) in [7, 11) is 3.52. The van der Waals surface area contributed by atoms with Crippen molar-refractivity contribution in [3.8, 4) is 0 Å². The van der Waals surface area contributed by atoms with Gasteiger partial charge in [-0.25, -0.2) is 4.99 Å². The number of carbonyl (C=O) groups excluding carboxylic acids is 1. The maximum atomic E-state index is 11.7. The second-order valence-electron chi connectivity index (χ2n) is 5.57. The van der Waals surface area contributed by atoms with Gasteiger partial charge in [0.15, 0.2) is 5.96 Å². The highest BCUT2D eigenvalue weighted by atomic mass is 32.2. The number of hydrogen-bond donors (Lipinski definition) is 1. The van der Waals surface area contributed by atoms with Crippen molar-refractivity contribution in [2.45, 2.75) is 38.5 Å². The Bertz CT molecular complexity index is 344. The highest BCUT2D eigenvalue weighted by Crippen LogP contribution is 2.21. The van der Waals surface area contributed by atoms with Gasteiger partial charge in [-0.1, -0.05) is 6.92 Å². The van der Waals surface area contributed by atoms with Gasteiger partial charge in [0.25, 0.3) is 0 Å². The topological polar surface area (TPSA) is 47.9 Å². The first-order chi connectivity index (χ1) is 9.43. The lowest BCUT2D eigenvalue weighted by molar-refractivity contribution is -0.127. The van der Waals surface area contributed by atoms with Crippen molar-refractivity contribution in [3.63, 3.8) is 0 Å². The molecule has 0 aliphatic carbocycles. The third-order valence-corrected chi connectivity index (χ3v) is 4.55. The molecule has 1 saturated heterocycles. The summed E-state index contributed by atoms with van der Waals surface area (Å²) in [6.45, 7) is 8.64. The molecule has 0 aromatic carbocycles. The largest absolute Gasteiger partial charge is 0.354 e. The zero-order chi connectivity index (χ0) is 15.1. The minimum atomic E-state index is 0.0338. The van der Waals surface area contributed by atoms with Gasteiger partial charge in [0.2, 0.25) is 5.91 Å². The van der Waals surface area contributed by atoms with Gasteiger partial charge in [-0.3, -0.25) is 4.79 Å². The summed E-state index contributed by atoms with van der Waals surface area (Å²) in [6, 6.07) is 0.317. The number of hydrogen-bond acceptors (Lipinski definition) is 3. The summed E-state index contributed by atoms with van der Waals surface area (Å²) >= 11 is 2.03. The van der Waals surface area contributed by atoms with Crippen LogP contribution in [0.3, 0.4) is 0 Å². The van der Waals surface area contributed by atoms with E-state index < -0.39 is 0 Å². The van der Waals surface area contributed by atoms with Crippen LogP contribution < -0.4 is 5.32 Å². The normalized spacial score (nSPS) is 20.2. The highest BCUT2D eigenvalue weighted by molar-refractivity contribution is 8.00. The van der Waals surface area contributed by atoms with E-state index in [4.69, 9.17) is 0 Å². The Morgan fingerprint density at radius 3 is 2.75 bits per heavy atom. The summed E-state index contributed by atoms with van der Waals surface area (Å²) in [5.41, 5.74) is 0. The van der Waals surface area contributed by atoms with Crippen LogP contribution in [0.5, 0.6) is 0 Å². The molecule has 1 aliphatic heterocycles. The standard InChI is InChI=1S/C14H28N4OS/c1-6-12-10-18(7-8-20-12)14(16-11(2)3)15-9-13(19)17(4)5/h11-12H,6-10H2,1-5H3,(H,15,16). The van der Waals surface area contributed by atoms with Crippen molar-refractivity contribution in [2.75, 3.05) is 39.5 Å². The average molecular weight is 300 g/mol. The van der Waals surface area contributed by atoms with Crippen molar-refractivity contribution in [1.82, 2.24) is 15.1 Å². The van der Waals surface area contributed by atoms with E-state index in [0.29, 0.717) is 11.3 Å². The molecule has 0 radical (unpaired) electrons.